The van der Waals surface area contributed by atoms with Crippen LogP contribution in [-0.4, -0.2) is 8.42 Å². The maximum Gasteiger partial charge on any atom is 0.236 e. The van der Waals surface area contributed by atoms with Gasteiger partial charge >= 0.3 is 0 Å². The Balaban J connectivity index is 1.65. The molecule has 1 N–H and O–H groups in total. The highest BCUT2D eigenvalue weighted by molar-refractivity contribution is 7.91. The summed E-state index contributed by atoms with van der Waals surface area (Å²) in [7, 11) is -3.46. The summed E-state index contributed by atoms with van der Waals surface area (Å²) in [6, 6.07) is 25.2. The van der Waals surface area contributed by atoms with Crippen LogP contribution in [-0.2, 0) is 15.8 Å². The summed E-state index contributed by atoms with van der Waals surface area (Å²) < 4.78 is 27.0. The van der Waals surface area contributed by atoms with Gasteiger partial charge in [0.05, 0.1) is 17.1 Å². The minimum absolute atomic E-state index is 0.0662. The molecule has 0 spiro atoms. The lowest BCUT2D eigenvalue weighted by molar-refractivity contribution is 0.600. The first-order valence-electron chi connectivity index (χ1n) is 7.72. The molecule has 5 nitrogen and oxygen atoms in total. The second-order valence-corrected chi connectivity index (χ2v) is 7.15. The molecule has 126 valence electrons. The van der Waals surface area contributed by atoms with E-state index in [2.05, 4.69) is 15.0 Å². The predicted octanol–water partition coefficient (Wildman–Crippen LogP) is 5.04. The maximum atomic E-state index is 12.2. The van der Waals surface area contributed by atoms with Gasteiger partial charge in [0.25, 0.3) is 0 Å². The molecule has 0 saturated heterocycles. The van der Waals surface area contributed by atoms with E-state index < -0.39 is 10.0 Å². The minimum Gasteiger partial charge on any atom is -0.283 e. The lowest BCUT2D eigenvalue weighted by atomic mass is 10.2. The molecule has 25 heavy (non-hydrogen) atoms. The van der Waals surface area contributed by atoms with E-state index in [1.54, 1.807) is 36.4 Å². The van der Waals surface area contributed by atoms with Crippen molar-refractivity contribution in [1.29, 1.82) is 0 Å². The van der Waals surface area contributed by atoms with Gasteiger partial charge in [0, 0.05) is 5.69 Å². The van der Waals surface area contributed by atoms with E-state index in [0.29, 0.717) is 11.4 Å². The van der Waals surface area contributed by atoms with E-state index in [0.717, 1.165) is 11.3 Å². The number of anilines is 1. The number of hydrogen-bond acceptors (Lipinski definition) is 4. The summed E-state index contributed by atoms with van der Waals surface area (Å²) in [5, 5.41) is 8.25. The minimum atomic E-state index is -3.46. The molecule has 0 unspecified atom stereocenters. The van der Waals surface area contributed by atoms with Crippen LogP contribution in [0.25, 0.3) is 0 Å². The van der Waals surface area contributed by atoms with Crippen LogP contribution in [0.3, 0.4) is 0 Å². The van der Waals surface area contributed by atoms with Gasteiger partial charge in [-0.2, -0.15) is 10.2 Å². The van der Waals surface area contributed by atoms with Crippen molar-refractivity contribution in [2.45, 2.75) is 5.75 Å². The third kappa shape index (κ3) is 5.26. The molecule has 0 aliphatic rings. The number of azo groups is 1. The van der Waals surface area contributed by atoms with Crippen LogP contribution in [0.15, 0.2) is 95.2 Å². The van der Waals surface area contributed by atoms with Gasteiger partial charge in [-0.25, -0.2) is 8.42 Å². The third-order valence-electron chi connectivity index (χ3n) is 3.38. The zero-order valence-electron chi connectivity index (χ0n) is 13.4. The number of nitrogens with zero attached hydrogens (tertiary/aromatic N) is 2. The molecular formula is C19H17N3O2S. The van der Waals surface area contributed by atoms with Gasteiger partial charge in [0.2, 0.25) is 10.0 Å². The Bertz CT molecular complexity index is 939. The predicted molar refractivity (Wildman–Crippen MR) is 99.7 cm³/mol. The molecule has 0 atom stereocenters. The molecule has 0 amide bonds. The first-order chi connectivity index (χ1) is 12.1. The van der Waals surface area contributed by atoms with E-state index in [4.69, 9.17) is 0 Å². The summed E-state index contributed by atoms with van der Waals surface area (Å²) in [5.74, 6) is -0.0662. The summed E-state index contributed by atoms with van der Waals surface area (Å²) in [6.07, 6.45) is 0. The summed E-state index contributed by atoms with van der Waals surface area (Å²) >= 11 is 0. The first kappa shape index (κ1) is 16.9. The molecule has 0 heterocycles. The molecule has 3 rings (SSSR count). The normalized spacial score (nSPS) is 11.5. The van der Waals surface area contributed by atoms with Crippen LogP contribution < -0.4 is 4.72 Å². The van der Waals surface area contributed by atoms with Crippen molar-refractivity contribution >= 4 is 27.1 Å². The molecular weight excluding hydrogens is 334 g/mol. The van der Waals surface area contributed by atoms with E-state index >= 15 is 0 Å². The summed E-state index contributed by atoms with van der Waals surface area (Å²) in [5.41, 5.74) is 2.64. The largest absolute Gasteiger partial charge is 0.283 e. The average Bonchev–Trinajstić information content (AvgIpc) is 2.62. The molecule has 0 radical (unpaired) electrons. The zero-order valence-corrected chi connectivity index (χ0v) is 14.2. The number of sulfonamides is 1. The van der Waals surface area contributed by atoms with Gasteiger partial charge in [-0.05, 0) is 42.0 Å². The van der Waals surface area contributed by atoms with Crippen molar-refractivity contribution in [3.8, 4) is 0 Å². The average molecular weight is 351 g/mol. The molecule has 3 aromatic carbocycles. The molecule has 0 fully saturated rings. The van der Waals surface area contributed by atoms with Crippen LogP contribution in [0.2, 0.25) is 0 Å². The van der Waals surface area contributed by atoms with Gasteiger partial charge in [-0.15, -0.1) is 0 Å². The van der Waals surface area contributed by atoms with Gasteiger partial charge in [0.15, 0.2) is 0 Å². The molecule has 0 aliphatic heterocycles. The van der Waals surface area contributed by atoms with Gasteiger partial charge in [0.1, 0.15) is 0 Å². The van der Waals surface area contributed by atoms with E-state index in [9.17, 15) is 8.42 Å². The second-order valence-electron chi connectivity index (χ2n) is 5.43. The fourth-order valence-electron chi connectivity index (χ4n) is 2.22. The second kappa shape index (κ2) is 7.72. The number of rotatable bonds is 6. The lowest BCUT2D eigenvalue weighted by Gasteiger charge is -2.08. The Morgan fingerprint density at radius 1 is 0.680 bits per heavy atom. The molecule has 0 aliphatic carbocycles. The van der Waals surface area contributed by atoms with Gasteiger partial charge < -0.3 is 0 Å². The zero-order chi connectivity index (χ0) is 17.5. The monoisotopic (exact) mass is 351 g/mol. The van der Waals surface area contributed by atoms with Crippen molar-refractivity contribution < 1.29 is 8.42 Å². The highest BCUT2D eigenvalue weighted by Crippen LogP contribution is 2.21. The number of benzene rings is 3. The summed E-state index contributed by atoms with van der Waals surface area (Å²) in [4.78, 5) is 0. The fourth-order valence-corrected chi connectivity index (χ4v) is 3.41. The molecule has 0 aromatic heterocycles. The summed E-state index contributed by atoms with van der Waals surface area (Å²) in [6.45, 7) is 0. The fraction of sp³-hybridized carbons (Fsp3) is 0.0526. The van der Waals surface area contributed by atoms with Crippen LogP contribution in [0, 0.1) is 0 Å². The molecule has 6 heteroatoms. The molecule has 3 aromatic rings. The maximum absolute atomic E-state index is 12.2. The Hall–Kier alpha value is -2.99. The van der Waals surface area contributed by atoms with Crippen molar-refractivity contribution in [2.24, 2.45) is 10.2 Å². The highest BCUT2D eigenvalue weighted by Gasteiger charge is 2.11. The molecule has 0 saturated carbocycles. The van der Waals surface area contributed by atoms with E-state index in [1.807, 2.05) is 48.5 Å². The first-order valence-corrected chi connectivity index (χ1v) is 9.37. The lowest BCUT2D eigenvalue weighted by Crippen LogP contribution is -2.14. The number of hydrogen-bond donors (Lipinski definition) is 1. The van der Waals surface area contributed by atoms with Gasteiger partial charge in [-0.3, -0.25) is 4.72 Å². The Kier molecular flexibility index (Phi) is 5.20. The van der Waals surface area contributed by atoms with Crippen molar-refractivity contribution in [1.82, 2.24) is 0 Å². The van der Waals surface area contributed by atoms with Crippen LogP contribution in [0.4, 0.5) is 17.1 Å². The van der Waals surface area contributed by atoms with Crippen molar-refractivity contribution in [3.63, 3.8) is 0 Å². The quantitative estimate of drug-likeness (QED) is 0.632. The van der Waals surface area contributed by atoms with Crippen LogP contribution in [0.5, 0.6) is 0 Å². The Labute approximate surface area is 147 Å². The van der Waals surface area contributed by atoms with Crippen molar-refractivity contribution in [3.05, 3.63) is 90.5 Å². The van der Waals surface area contributed by atoms with E-state index in [1.165, 1.54) is 0 Å². The van der Waals surface area contributed by atoms with Crippen molar-refractivity contribution in [2.75, 3.05) is 4.72 Å². The van der Waals surface area contributed by atoms with Crippen LogP contribution >= 0.6 is 0 Å². The molecule has 0 bridgehead atoms. The topological polar surface area (TPSA) is 70.9 Å². The third-order valence-corrected chi connectivity index (χ3v) is 4.64. The standard InChI is InChI=1S/C19H17N3O2S/c23-25(24,15-16-7-3-1-4-8-16)22-19-13-11-18(12-14-19)21-20-17-9-5-2-6-10-17/h1-14,22H,15H2. The SMILES string of the molecule is O=S(=O)(Cc1ccccc1)Nc1ccc(N=Nc2ccccc2)cc1. The van der Waals surface area contributed by atoms with Gasteiger partial charge in [-0.1, -0.05) is 48.5 Å². The van der Waals surface area contributed by atoms with E-state index in [-0.39, 0.29) is 5.75 Å². The Morgan fingerprint density at radius 2 is 1.20 bits per heavy atom. The smallest absolute Gasteiger partial charge is 0.236 e. The number of nitrogens with one attached hydrogen (secondary N) is 1. The highest BCUT2D eigenvalue weighted by atomic mass is 32.2. The van der Waals surface area contributed by atoms with Crippen LogP contribution in [0.1, 0.15) is 5.56 Å². The Morgan fingerprint density at radius 3 is 1.80 bits per heavy atom.